The van der Waals surface area contributed by atoms with Crippen LogP contribution in [0.4, 0.5) is 11.4 Å². The zero-order valence-electron chi connectivity index (χ0n) is 24.6. The fraction of sp³-hybridized carbons (Fsp3) is 0.353. The molecule has 43 heavy (non-hydrogen) atoms. The number of carbonyl (C=O) groups is 1. The molecule has 224 valence electrons. The Morgan fingerprint density at radius 3 is 2.49 bits per heavy atom. The molecule has 1 amide bonds. The summed E-state index contributed by atoms with van der Waals surface area (Å²) < 4.78 is 30.0. The number of rotatable bonds is 7. The highest BCUT2D eigenvalue weighted by molar-refractivity contribution is 7.92. The summed E-state index contributed by atoms with van der Waals surface area (Å²) in [7, 11) is -3.99. The van der Waals surface area contributed by atoms with E-state index in [1.54, 1.807) is 42.6 Å². The van der Waals surface area contributed by atoms with Gasteiger partial charge in [-0.2, -0.15) is 0 Å². The van der Waals surface area contributed by atoms with E-state index in [4.69, 9.17) is 5.73 Å². The summed E-state index contributed by atoms with van der Waals surface area (Å²) in [6.45, 7) is 5.72. The smallest absolute Gasteiger partial charge is 0.262 e. The van der Waals surface area contributed by atoms with Gasteiger partial charge in [-0.15, -0.1) is 0 Å². The third kappa shape index (κ3) is 6.38. The molecular formula is C34H39N5O3S. The molecule has 8 nitrogen and oxygen atoms in total. The van der Waals surface area contributed by atoms with E-state index in [9.17, 15) is 13.2 Å². The first kappa shape index (κ1) is 29.1. The molecule has 6 rings (SSSR count). The van der Waals surface area contributed by atoms with Gasteiger partial charge in [0.15, 0.2) is 0 Å². The predicted octanol–water partition coefficient (Wildman–Crippen LogP) is 6.01. The molecule has 1 aliphatic heterocycles. The van der Waals surface area contributed by atoms with Crippen molar-refractivity contribution in [3.63, 3.8) is 0 Å². The number of fused-ring (bicyclic) bond motifs is 1. The highest BCUT2D eigenvalue weighted by Crippen LogP contribution is 2.34. The van der Waals surface area contributed by atoms with Crippen molar-refractivity contribution in [1.29, 1.82) is 0 Å². The van der Waals surface area contributed by atoms with E-state index in [2.05, 4.69) is 21.5 Å². The zero-order valence-corrected chi connectivity index (χ0v) is 25.4. The lowest BCUT2D eigenvalue weighted by atomic mass is 9.88. The van der Waals surface area contributed by atoms with E-state index in [0.717, 1.165) is 30.9 Å². The first-order valence-corrected chi connectivity index (χ1v) is 16.7. The van der Waals surface area contributed by atoms with Gasteiger partial charge in [0.2, 0.25) is 0 Å². The van der Waals surface area contributed by atoms with Crippen molar-refractivity contribution in [2.45, 2.75) is 50.0 Å². The summed E-state index contributed by atoms with van der Waals surface area (Å²) in [5.74, 6) is 0.760. The summed E-state index contributed by atoms with van der Waals surface area (Å²) in [5.41, 5.74) is 9.32. The standard InChI is InChI=1S/C34H39N5O3S/c1-24-22-38(23-25-7-3-2-4-8-25)19-20-39(24)34(40)27-12-15-29(16-13-27)37-43(41,42)32-17-14-28(35)21-31(32)30-11-5-9-26-10-6-18-36-33(26)30/h5-6,9-18,21,24-25,37H,2-4,7-8,19-20,22-23,35H2,1H3/t24-/m0/s1. The average molecular weight is 598 g/mol. The Morgan fingerprint density at radius 2 is 1.72 bits per heavy atom. The highest BCUT2D eigenvalue weighted by atomic mass is 32.2. The monoisotopic (exact) mass is 597 g/mol. The second-order valence-corrected chi connectivity index (χ2v) is 13.6. The van der Waals surface area contributed by atoms with Gasteiger partial charge in [0.05, 0.1) is 10.4 Å². The highest BCUT2D eigenvalue weighted by Gasteiger charge is 2.30. The first-order valence-electron chi connectivity index (χ1n) is 15.2. The number of para-hydroxylation sites is 1. The van der Waals surface area contributed by atoms with Crippen molar-refractivity contribution in [3.8, 4) is 11.1 Å². The number of piperazine rings is 1. The van der Waals surface area contributed by atoms with Crippen molar-refractivity contribution in [1.82, 2.24) is 14.8 Å². The molecule has 3 N–H and O–H groups in total. The minimum atomic E-state index is -3.99. The maximum Gasteiger partial charge on any atom is 0.262 e. The molecule has 1 atom stereocenters. The molecule has 2 heterocycles. The summed E-state index contributed by atoms with van der Waals surface area (Å²) in [6, 6.07) is 21.0. The van der Waals surface area contributed by atoms with E-state index < -0.39 is 10.0 Å². The van der Waals surface area contributed by atoms with E-state index in [-0.39, 0.29) is 16.8 Å². The number of nitrogens with one attached hydrogen (secondary N) is 1. The van der Waals surface area contributed by atoms with Gasteiger partial charge < -0.3 is 10.6 Å². The quantitative estimate of drug-likeness (QED) is 0.253. The van der Waals surface area contributed by atoms with Crippen LogP contribution >= 0.6 is 0 Å². The van der Waals surface area contributed by atoms with Crippen LogP contribution in [0, 0.1) is 5.92 Å². The molecule has 0 bridgehead atoms. The number of anilines is 2. The number of amides is 1. The second-order valence-electron chi connectivity index (χ2n) is 11.9. The van der Waals surface area contributed by atoms with Crippen molar-refractivity contribution in [2.75, 3.05) is 36.6 Å². The molecule has 2 fully saturated rings. The number of hydrogen-bond acceptors (Lipinski definition) is 6. The third-order valence-electron chi connectivity index (χ3n) is 8.81. The number of aromatic nitrogens is 1. The zero-order chi connectivity index (χ0) is 30.0. The van der Waals surface area contributed by atoms with E-state index in [1.807, 2.05) is 35.2 Å². The minimum absolute atomic E-state index is 0.0245. The van der Waals surface area contributed by atoms with Gasteiger partial charge in [-0.3, -0.25) is 19.4 Å². The minimum Gasteiger partial charge on any atom is -0.399 e. The van der Waals surface area contributed by atoms with Crippen molar-refractivity contribution in [3.05, 3.63) is 84.6 Å². The van der Waals surface area contributed by atoms with Crippen molar-refractivity contribution >= 4 is 38.2 Å². The number of nitrogens with two attached hydrogens (primary N) is 1. The molecule has 1 saturated heterocycles. The molecule has 1 aromatic heterocycles. The van der Waals surface area contributed by atoms with Crippen molar-refractivity contribution < 1.29 is 13.2 Å². The van der Waals surface area contributed by atoms with Crippen LogP contribution in [-0.2, 0) is 10.0 Å². The largest absolute Gasteiger partial charge is 0.399 e. The Kier molecular flexibility index (Phi) is 8.36. The topological polar surface area (TPSA) is 109 Å². The molecule has 2 aliphatic rings. The third-order valence-corrected chi connectivity index (χ3v) is 10.3. The molecule has 0 radical (unpaired) electrons. The van der Waals surface area contributed by atoms with Gasteiger partial charge in [-0.25, -0.2) is 8.42 Å². The molecule has 1 aliphatic carbocycles. The summed E-state index contributed by atoms with van der Waals surface area (Å²) in [4.78, 5) is 22.5. The molecule has 0 unspecified atom stereocenters. The van der Waals surface area contributed by atoms with Crippen LogP contribution in [0.25, 0.3) is 22.0 Å². The van der Waals surface area contributed by atoms with E-state index >= 15 is 0 Å². The van der Waals surface area contributed by atoms with Gasteiger partial charge >= 0.3 is 0 Å². The van der Waals surface area contributed by atoms with Crippen LogP contribution in [0.5, 0.6) is 0 Å². The number of hydrogen-bond donors (Lipinski definition) is 2. The summed E-state index contributed by atoms with van der Waals surface area (Å²) >= 11 is 0. The number of carbonyl (C=O) groups excluding carboxylic acids is 1. The van der Waals surface area contributed by atoms with Crippen molar-refractivity contribution in [2.24, 2.45) is 5.92 Å². The predicted molar refractivity (Wildman–Crippen MR) is 172 cm³/mol. The lowest BCUT2D eigenvalue weighted by Gasteiger charge is -2.41. The van der Waals surface area contributed by atoms with Gasteiger partial charge in [-0.1, -0.05) is 43.5 Å². The summed E-state index contributed by atoms with van der Waals surface area (Å²) in [6.07, 6.45) is 8.38. The molecule has 9 heteroatoms. The van der Waals surface area contributed by atoms with Crippen LogP contribution in [0.1, 0.15) is 49.4 Å². The van der Waals surface area contributed by atoms with Crippen LogP contribution in [-0.4, -0.2) is 61.3 Å². The van der Waals surface area contributed by atoms with E-state index in [0.29, 0.717) is 40.1 Å². The molecule has 4 aromatic rings. The lowest BCUT2D eigenvalue weighted by Crippen LogP contribution is -2.54. The number of nitrogen functional groups attached to an aromatic ring is 1. The SMILES string of the molecule is C[C@H]1CN(CC2CCCCC2)CCN1C(=O)c1ccc(NS(=O)(=O)c2ccc(N)cc2-c2cccc3cccnc23)cc1. The molecular weight excluding hydrogens is 558 g/mol. The summed E-state index contributed by atoms with van der Waals surface area (Å²) in [5, 5.41) is 0.902. The normalized spacial score (nSPS) is 18.5. The average Bonchev–Trinajstić information content (AvgIpc) is 3.01. The second kappa shape index (κ2) is 12.3. The maximum atomic E-state index is 13.7. The molecule has 3 aromatic carbocycles. The Bertz CT molecular complexity index is 1710. The Labute approximate surface area is 254 Å². The molecule has 1 saturated carbocycles. The van der Waals surface area contributed by atoms with Gasteiger partial charge in [0.25, 0.3) is 15.9 Å². The van der Waals surface area contributed by atoms with Crippen LogP contribution < -0.4 is 10.5 Å². The first-order chi connectivity index (χ1) is 20.8. The number of sulfonamides is 1. The molecule has 0 spiro atoms. The Balaban J connectivity index is 1.16. The number of pyridine rings is 1. The van der Waals surface area contributed by atoms with E-state index in [1.165, 1.54) is 38.2 Å². The van der Waals surface area contributed by atoms with Gasteiger partial charge in [-0.05, 0) is 74.2 Å². The van der Waals surface area contributed by atoms with Crippen LogP contribution in [0.15, 0.2) is 83.9 Å². The Hall–Kier alpha value is -3.95. The fourth-order valence-electron chi connectivity index (χ4n) is 6.61. The maximum absolute atomic E-state index is 13.7. The number of benzene rings is 3. The van der Waals surface area contributed by atoms with Gasteiger partial charge in [0.1, 0.15) is 0 Å². The van der Waals surface area contributed by atoms with Crippen LogP contribution in [0.2, 0.25) is 0 Å². The van der Waals surface area contributed by atoms with Crippen LogP contribution in [0.3, 0.4) is 0 Å². The fourth-order valence-corrected chi connectivity index (χ4v) is 7.87. The Morgan fingerprint density at radius 1 is 0.953 bits per heavy atom. The van der Waals surface area contributed by atoms with Gasteiger partial charge in [0, 0.05) is 71.9 Å². The number of nitrogens with zero attached hydrogens (tertiary/aromatic N) is 3. The lowest BCUT2D eigenvalue weighted by molar-refractivity contribution is 0.0444.